The van der Waals surface area contributed by atoms with Crippen LogP contribution in [0.1, 0.15) is 42.9 Å². The van der Waals surface area contributed by atoms with Crippen molar-refractivity contribution in [2.45, 2.75) is 43.8 Å². The largest absolute Gasteiger partial charge is 0.550 e. The van der Waals surface area contributed by atoms with E-state index >= 15 is 0 Å². The van der Waals surface area contributed by atoms with E-state index in [0.717, 1.165) is 46.1 Å². The van der Waals surface area contributed by atoms with Crippen LogP contribution in [-0.2, 0) is 4.79 Å². The minimum Gasteiger partial charge on any atom is -0.550 e. The normalized spacial score (nSPS) is 15.9. The minimum atomic E-state index is -1.35. The number of benzene rings is 2. The highest BCUT2D eigenvalue weighted by molar-refractivity contribution is 5.99. The summed E-state index contributed by atoms with van der Waals surface area (Å²) in [4.78, 5) is 15.6. The average molecular weight is 418 g/mol. The Morgan fingerprint density at radius 3 is 2.52 bits per heavy atom. The van der Waals surface area contributed by atoms with Crippen molar-refractivity contribution in [2.24, 2.45) is 0 Å². The van der Waals surface area contributed by atoms with Gasteiger partial charge >= 0.3 is 0 Å². The molecule has 31 heavy (non-hydrogen) atoms. The Hall–Kier alpha value is -3.22. The van der Waals surface area contributed by atoms with Crippen LogP contribution in [0.3, 0.4) is 0 Å². The van der Waals surface area contributed by atoms with Gasteiger partial charge in [-0.25, -0.2) is 0 Å². The standard InChI is InChI=1S/C25H25NO5/c27-17-9-7-15(8-10-17)24-20-3-1-2-4-22(20)26-25(16-5-6-16)21(24)12-11-18(28)13-19(29)14-23(30)31/h1-4,7-12,16,18-19,27-29H,5-6,13-14H2,(H,30,31)/p-1/b12-11+/t18-,19-/m1/s1. The van der Waals surface area contributed by atoms with Gasteiger partial charge in [-0.2, -0.15) is 0 Å². The Kier molecular flexibility index (Phi) is 6.02. The molecule has 1 aromatic heterocycles. The molecule has 4 rings (SSSR count). The van der Waals surface area contributed by atoms with E-state index in [0.29, 0.717) is 5.92 Å². The van der Waals surface area contributed by atoms with Crippen LogP contribution < -0.4 is 5.11 Å². The predicted molar refractivity (Wildman–Crippen MR) is 116 cm³/mol. The summed E-state index contributed by atoms with van der Waals surface area (Å²) < 4.78 is 0. The molecule has 2 aromatic carbocycles. The number of carboxylic acid groups (broad SMARTS) is 1. The number of phenolic OH excluding ortho intramolecular Hbond substituents is 1. The molecule has 0 amide bonds. The number of carbonyl (C=O) groups is 1. The Morgan fingerprint density at radius 1 is 1.13 bits per heavy atom. The maximum absolute atomic E-state index is 10.7. The fourth-order valence-corrected chi connectivity index (χ4v) is 3.86. The average Bonchev–Trinajstić information content (AvgIpc) is 3.56. The second kappa shape index (κ2) is 8.88. The van der Waals surface area contributed by atoms with Crippen molar-refractivity contribution in [3.05, 3.63) is 65.9 Å². The third-order valence-corrected chi connectivity index (χ3v) is 5.48. The fraction of sp³-hybridized carbons (Fsp3) is 0.280. The zero-order valence-electron chi connectivity index (χ0n) is 16.9. The number of hydrogen-bond acceptors (Lipinski definition) is 6. The van der Waals surface area contributed by atoms with Crippen molar-refractivity contribution < 1.29 is 25.2 Å². The first-order valence-electron chi connectivity index (χ1n) is 10.4. The van der Waals surface area contributed by atoms with Crippen LogP contribution in [0.2, 0.25) is 0 Å². The maximum atomic E-state index is 10.7. The van der Waals surface area contributed by atoms with Crippen molar-refractivity contribution in [1.29, 1.82) is 0 Å². The van der Waals surface area contributed by atoms with E-state index in [9.17, 15) is 25.2 Å². The summed E-state index contributed by atoms with van der Waals surface area (Å²) in [5, 5.41) is 41.5. The molecule has 1 aliphatic carbocycles. The number of carboxylic acids is 1. The topological polar surface area (TPSA) is 114 Å². The van der Waals surface area contributed by atoms with Crippen LogP contribution in [0, 0.1) is 0 Å². The predicted octanol–water partition coefficient (Wildman–Crippen LogP) is 2.75. The maximum Gasteiger partial charge on any atom is 0.115 e. The number of aromatic nitrogens is 1. The second-order valence-electron chi connectivity index (χ2n) is 8.02. The first-order valence-corrected chi connectivity index (χ1v) is 10.4. The SMILES string of the molecule is O=C([O-])C[C@H](O)C[C@H](O)/C=C/c1c(C2CC2)nc2ccccc2c1-c1ccc(O)cc1. The lowest BCUT2D eigenvalue weighted by atomic mass is 9.92. The van der Waals surface area contributed by atoms with Crippen LogP contribution in [-0.4, -0.2) is 38.5 Å². The Balaban J connectivity index is 1.79. The summed E-state index contributed by atoms with van der Waals surface area (Å²) in [6.07, 6.45) is 2.67. The van der Waals surface area contributed by atoms with E-state index in [-0.39, 0.29) is 12.2 Å². The van der Waals surface area contributed by atoms with Crippen molar-refractivity contribution in [2.75, 3.05) is 0 Å². The van der Waals surface area contributed by atoms with Crippen molar-refractivity contribution in [3.63, 3.8) is 0 Å². The van der Waals surface area contributed by atoms with Crippen LogP contribution >= 0.6 is 0 Å². The molecule has 1 saturated carbocycles. The van der Waals surface area contributed by atoms with Crippen LogP contribution in [0.4, 0.5) is 0 Å². The van der Waals surface area contributed by atoms with Gasteiger partial charge in [-0.1, -0.05) is 42.5 Å². The Bertz CT molecular complexity index is 1120. The molecule has 0 unspecified atom stereocenters. The molecule has 1 fully saturated rings. The number of nitrogens with zero attached hydrogens (tertiary/aromatic N) is 1. The summed E-state index contributed by atoms with van der Waals surface area (Å²) in [5.41, 5.74) is 4.62. The molecule has 6 nitrogen and oxygen atoms in total. The molecule has 1 heterocycles. The zero-order chi connectivity index (χ0) is 22.0. The van der Waals surface area contributed by atoms with Gasteiger partial charge in [0, 0.05) is 41.2 Å². The monoisotopic (exact) mass is 418 g/mol. The van der Waals surface area contributed by atoms with E-state index in [1.165, 1.54) is 0 Å². The molecular formula is C25H24NO5-. The van der Waals surface area contributed by atoms with Crippen molar-refractivity contribution in [1.82, 2.24) is 4.98 Å². The molecule has 6 heteroatoms. The van der Waals surface area contributed by atoms with Crippen molar-refractivity contribution in [3.8, 4) is 16.9 Å². The van der Waals surface area contributed by atoms with Gasteiger partial charge in [-0.05, 0) is 36.6 Å². The van der Waals surface area contributed by atoms with Gasteiger partial charge in [-0.15, -0.1) is 0 Å². The summed E-state index contributed by atoms with van der Waals surface area (Å²) >= 11 is 0. The number of aliphatic hydroxyl groups excluding tert-OH is 2. The molecule has 2 atom stereocenters. The molecule has 3 N–H and O–H groups in total. The summed E-state index contributed by atoms with van der Waals surface area (Å²) in [7, 11) is 0. The van der Waals surface area contributed by atoms with Gasteiger partial charge < -0.3 is 25.2 Å². The fourth-order valence-electron chi connectivity index (χ4n) is 3.86. The van der Waals surface area contributed by atoms with E-state index in [2.05, 4.69) is 0 Å². The van der Waals surface area contributed by atoms with Gasteiger partial charge in [0.1, 0.15) is 5.75 Å². The number of aromatic hydroxyl groups is 1. The van der Waals surface area contributed by atoms with Crippen LogP contribution in [0.5, 0.6) is 5.75 Å². The van der Waals surface area contributed by atoms with Gasteiger partial charge in [0.15, 0.2) is 0 Å². The number of pyridine rings is 1. The number of aliphatic hydroxyl groups is 2. The first kappa shape index (κ1) is 21.0. The molecule has 3 aromatic rings. The molecular weight excluding hydrogens is 394 g/mol. The second-order valence-corrected chi connectivity index (χ2v) is 8.02. The number of hydrogen-bond donors (Lipinski definition) is 3. The third-order valence-electron chi connectivity index (χ3n) is 5.48. The molecule has 0 aliphatic heterocycles. The molecule has 0 bridgehead atoms. The smallest absolute Gasteiger partial charge is 0.115 e. The van der Waals surface area contributed by atoms with Gasteiger partial charge in [-0.3, -0.25) is 4.98 Å². The summed E-state index contributed by atoms with van der Waals surface area (Å²) in [5.74, 6) is -0.826. The van der Waals surface area contributed by atoms with Crippen LogP contribution in [0.25, 0.3) is 28.1 Å². The summed E-state index contributed by atoms with van der Waals surface area (Å²) in [6, 6.07) is 14.9. The lowest BCUT2D eigenvalue weighted by Crippen LogP contribution is -2.29. The molecule has 160 valence electrons. The first-order chi connectivity index (χ1) is 14.9. The van der Waals surface area contributed by atoms with Gasteiger partial charge in [0.05, 0.1) is 23.4 Å². The minimum absolute atomic E-state index is 0.0984. The number of para-hydroxylation sites is 1. The highest BCUT2D eigenvalue weighted by Crippen LogP contribution is 2.45. The number of carbonyl (C=O) groups excluding carboxylic acids is 1. The van der Waals surface area contributed by atoms with E-state index in [1.54, 1.807) is 18.2 Å². The Morgan fingerprint density at radius 2 is 1.84 bits per heavy atom. The lowest BCUT2D eigenvalue weighted by Gasteiger charge is -2.17. The number of fused-ring (bicyclic) bond motifs is 1. The number of aliphatic carboxylic acids is 1. The lowest BCUT2D eigenvalue weighted by molar-refractivity contribution is -0.307. The molecule has 0 radical (unpaired) electrons. The third kappa shape index (κ3) is 4.93. The molecule has 0 saturated heterocycles. The van der Waals surface area contributed by atoms with Gasteiger partial charge in [0.2, 0.25) is 0 Å². The molecule has 1 aliphatic rings. The quantitative estimate of drug-likeness (QED) is 0.518. The highest BCUT2D eigenvalue weighted by Gasteiger charge is 2.29. The van der Waals surface area contributed by atoms with E-state index < -0.39 is 24.6 Å². The zero-order valence-corrected chi connectivity index (χ0v) is 16.9. The molecule has 0 spiro atoms. The van der Waals surface area contributed by atoms with E-state index in [1.807, 2.05) is 42.5 Å². The van der Waals surface area contributed by atoms with Gasteiger partial charge in [0.25, 0.3) is 0 Å². The number of rotatable bonds is 8. The Labute approximate surface area is 180 Å². The highest BCUT2D eigenvalue weighted by atomic mass is 16.4. The van der Waals surface area contributed by atoms with Crippen LogP contribution in [0.15, 0.2) is 54.6 Å². The van der Waals surface area contributed by atoms with E-state index in [4.69, 9.17) is 4.98 Å². The van der Waals surface area contributed by atoms with Crippen molar-refractivity contribution >= 4 is 22.9 Å². The number of phenols is 1. The summed E-state index contributed by atoms with van der Waals surface area (Å²) in [6.45, 7) is 0.